The average Bonchev–Trinajstić information content (AvgIpc) is 2.35. The zero-order chi connectivity index (χ0) is 14.4. The predicted molar refractivity (Wildman–Crippen MR) is 79.6 cm³/mol. The Hall–Kier alpha value is -1.06. The minimum Gasteiger partial charge on any atom is -0.491 e. The van der Waals surface area contributed by atoms with Crippen LogP contribution in [0.15, 0.2) is 24.3 Å². The molecule has 0 aromatic heterocycles. The average molecular weight is 265 g/mol. The highest BCUT2D eigenvalue weighted by Gasteiger charge is 2.27. The first-order valence-electron chi connectivity index (χ1n) is 6.96. The first-order valence-corrected chi connectivity index (χ1v) is 6.96. The summed E-state index contributed by atoms with van der Waals surface area (Å²) < 4.78 is 11.6. The van der Waals surface area contributed by atoms with E-state index in [0.717, 1.165) is 11.3 Å². The van der Waals surface area contributed by atoms with Crippen molar-refractivity contribution in [1.29, 1.82) is 0 Å². The summed E-state index contributed by atoms with van der Waals surface area (Å²) in [7, 11) is 3.73. The third-order valence-corrected chi connectivity index (χ3v) is 3.19. The van der Waals surface area contributed by atoms with Crippen LogP contribution in [0.4, 0.5) is 0 Å². The second-order valence-corrected chi connectivity index (χ2v) is 5.42. The van der Waals surface area contributed by atoms with Gasteiger partial charge < -0.3 is 14.8 Å². The van der Waals surface area contributed by atoms with Gasteiger partial charge in [0.1, 0.15) is 5.75 Å². The topological polar surface area (TPSA) is 30.5 Å². The molecule has 3 heteroatoms. The van der Waals surface area contributed by atoms with E-state index in [1.54, 1.807) is 7.11 Å². The van der Waals surface area contributed by atoms with Gasteiger partial charge in [-0.05, 0) is 32.9 Å². The van der Waals surface area contributed by atoms with E-state index in [1.807, 2.05) is 39.1 Å². The molecule has 19 heavy (non-hydrogen) atoms. The number of ether oxygens (including phenoxy) is 2. The van der Waals surface area contributed by atoms with Crippen molar-refractivity contribution in [2.75, 3.05) is 14.2 Å². The number of nitrogens with one attached hydrogen (secondary N) is 1. The van der Waals surface area contributed by atoms with E-state index in [2.05, 4.69) is 25.2 Å². The molecule has 108 valence electrons. The van der Waals surface area contributed by atoms with E-state index >= 15 is 0 Å². The van der Waals surface area contributed by atoms with Crippen LogP contribution < -0.4 is 10.1 Å². The molecule has 1 aromatic rings. The first-order chi connectivity index (χ1) is 9.01. The zero-order valence-corrected chi connectivity index (χ0v) is 12.9. The predicted octanol–water partition coefficient (Wildman–Crippen LogP) is 3.41. The van der Waals surface area contributed by atoms with E-state index in [-0.39, 0.29) is 18.2 Å². The minimum atomic E-state index is 0.113. The summed E-state index contributed by atoms with van der Waals surface area (Å²) in [6.07, 6.45) is 0.278. The van der Waals surface area contributed by atoms with E-state index in [0.29, 0.717) is 5.92 Å². The Labute approximate surface area is 117 Å². The fourth-order valence-electron chi connectivity index (χ4n) is 2.39. The number of para-hydroxylation sites is 1. The molecule has 1 aromatic carbocycles. The lowest BCUT2D eigenvalue weighted by atomic mass is 9.93. The number of methoxy groups -OCH3 is 1. The summed E-state index contributed by atoms with van der Waals surface area (Å²) in [5, 5.41) is 3.36. The molecule has 0 saturated carbocycles. The highest BCUT2D eigenvalue weighted by molar-refractivity contribution is 5.37. The van der Waals surface area contributed by atoms with Gasteiger partial charge in [0.2, 0.25) is 0 Å². The van der Waals surface area contributed by atoms with Crippen molar-refractivity contribution in [3.05, 3.63) is 29.8 Å². The minimum absolute atomic E-state index is 0.113. The Morgan fingerprint density at radius 1 is 1.05 bits per heavy atom. The number of hydrogen-bond acceptors (Lipinski definition) is 3. The van der Waals surface area contributed by atoms with Crippen molar-refractivity contribution in [2.24, 2.45) is 5.92 Å². The number of benzene rings is 1. The molecule has 2 atom stereocenters. The Morgan fingerprint density at radius 2 is 1.68 bits per heavy atom. The third kappa shape index (κ3) is 4.22. The summed E-state index contributed by atoms with van der Waals surface area (Å²) in [4.78, 5) is 0. The normalized spacial score (nSPS) is 14.7. The quantitative estimate of drug-likeness (QED) is 0.819. The van der Waals surface area contributed by atoms with E-state index in [9.17, 15) is 0 Å². The lowest BCUT2D eigenvalue weighted by molar-refractivity contribution is 0.0337. The zero-order valence-electron chi connectivity index (χ0n) is 12.9. The molecule has 0 bridgehead atoms. The monoisotopic (exact) mass is 265 g/mol. The molecule has 0 fully saturated rings. The van der Waals surface area contributed by atoms with E-state index < -0.39 is 0 Å². The largest absolute Gasteiger partial charge is 0.491 e. The van der Waals surface area contributed by atoms with Crippen LogP contribution in [0, 0.1) is 5.92 Å². The van der Waals surface area contributed by atoms with Crippen molar-refractivity contribution < 1.29 is 9.47 Å². The summed E-state index contributed by atoms with van der Waals surface area (Å²) in [5.41, 5.74) is 1.15. The lowest BCUT2D eigenvalue weighted by Gasteiger charge is -2.30. The molecule has 0 amide bonds. The molecule has 3 nitrogen and oxygen atoms in total. The summed E-state index contributed by atoms with van der Waals surface area (Å²) in [5.74, 6) is 1.36. The molecular weight excluding hydrogens is 238 g/mol. The van der Waals surface area contributed by atoms with Gasteiger partial charge in [-0.2, -0.15) is 0 Å². The molecule has 2 unspecified atom stereocenters. The van der Waals surface area contributed by atoms with Crippen molar-refractivity contribution in [3.8, 4) is 5.75 Å². The molecule has 0 aliphatic rings. The molecule has 0 spiro atoms. The van der Waals surface area contributed by atoms with Crippen LogP contribution >= 0.6 is 0 Å². The summed E-state index contributed by atoms with van der Waals surface area (Å²) in [6.45, 7) is 8.43. The Bertz CT molecular complexity index is 377. The Morgan fingerprint density at radius 3 is 2.16 bits per heavy atom. The SMILES string of the molecule is CNC(c1ccccc1OC(C)C)C(OC)C(C)C. The first kappa shape index (κ1) is 16.0. The smallest absolute Gasteiger partial charge is 0.124 e. The van der Waals surface area contributed by atoms with Crippen LogP contribution in [0.25, 0.3) is 0 Å². The van der Waals surface area contributed by atoms with Crippen molar-refractivity contribution in [3.63, 3.8) is 0 Å². The molecular formula is C16H27NO2. The van der Waals surface area contributed by atoms with Crippen molar-refractivity contribution in [1.82, 2.24) is 5.32 Å². The van der Waals surface area contributed by atoms with Gasteiger partial charge in [0.25, 0.3) is 0 Å². The molecule has 0 aliphatic carbocycles. The molecule has 0 heterocycles. The lowest BCUT2D eigenvalue weighted by Crippen LogP contribution is -2.35. The molecule has 1 N–H and O–H groups in total. The van der Waals surface area contributed by atoms with Gasteiger partial charge in [-0.25, -0.2) is 0 Å². The Kier molecular flexibility index (Phi) is 6.32. The number of hydrogen-bond donors (Lipinski definition) is 1. The number of likely N-dealkylation sites (N-methyl/N-ethyl adjacent to an activating group) is 1. The van der Waals surface area contributed by atoms with Crippen LogP contribution in [-0.2, 0) is 4.74 Å². The van der Waals surface area contributed by atoms with Gasteiger partial charge >= 0.3 is 0 Å². The van der Waals surface area contributed by atoms with Gasteiger partial charge in [-0.1, -0.05) is 32.0 Å². The second-order valence-electron chi connectivity index (χ2n) is 5.42. The van der Waals surface area contributed by atoms with Gasteiger partial charge in [-0.3, -0.25) is 0 Å². The summed E-state index contributed by atoms with van der Waals surface area (Å²) >= 11 is 0. The highest BCUT2D eigenvalue weighted by Crippen LogP contribution is 2.31. The van der Waals surface area contributed by atoms with Crippen LogP contribution in [-0.4, -0.2) is 26.4 Å². The van der Waals surface area contributed by atoms with E-state index in [4.69, 9.17) is 9.47 Å². The third-order valence-electron chi connectivity index (χ3n) is 3.19. The highest BCUT2D eigenvalue weighted by atomic mass is 16.5. The maximum Gasteiger partial charge on any atom is 0.124 e. The fraction of sp³-hybridized carbons (Fsp3) is 0.625. The van der Waals surface area contributed by atoms with Crippen LogP contribution in [0.2, 0.25) is 0 Å². The van der Waals surface area contributed by atoms with E-state index in [1.165, 1.54) is 0 Å². The van der Waals surface area contributed by atoms with Crippen molar-refractivity contribution >= 4 is 0 Å². The van der Waals surface area contributed by atoms with Crippen LogP contribution in [0.5, 0.6) is 5.75 Å². The molecule has 0 aliphatic heterocycles. The fourth-order valence-corrected chi connectivity index (χ4v) is 2.39. The van der Waals surface area contributed by atoms with Crippen LogP contribution in [0.3, 0.4) is 0 Å². The van der Waals surface area contributed by atoms with Crippen LogP contribution in [0.1, 0.15) is 39.3 Å². The van der Waals surface area contributed by atoms with Gasteiger partial charge in [0.05, 0.1) is 18.2 Å². The standard InChI is InChI=1S/C16H27NO2/c1-11(2)16(18-6)15(17-5)13-9-7-8-10-14(13)19-12(3)4/h7-12,15-17H,1-6H3. The second kappa shape index (κ2) is 7.51. The molecule has 0 saturated heterocycles. The maximum atomic E-state index is 5.91. The summed E-state index contributed by atoms with van der Waals surface area (Å²) in [6, 6.07) is 8.30. The molecule has 0 radical (unpaired) electrons. The number of rotatable bonds is 7. The Balaban J connectivity index is 3.10. The molecule has 1 rings (SSSR count). The maximum absolute atomic E-state index is 5.91. The van der Waals surface area contributed by atoms with Gasteiger partial charge in [0.15, 0.2) is 0 Å². The van der Waals surface area contributed by atoms with Gasteiger partial charge in [-0.15, -0.1) is 0 Å². The van der Waals surface area contributed by atoms with Crippen molar-refractivity contribution in [2.45, 2.75) is 45.9 Å². The van der Waals surface area contributed by atoms with Gasteiger partial charge in [0, 0.05) is 12.7 Å².